The molecule has 0 aromatic heterocycles. The van der Waals surface area contributed by atoms with Crippen molar-refractivity contribution in [2.45, 2.75) is 16.6 Å². The van der Waals surface area contributed by atoms with Crippen LogP contribution < -0.4 is 10.6 Å². The highest BCUT2D eigenvalue weighted by Crippen LogP contribution is 2.36. The van der Waals surface area contributed by atoms with E-state index in [1.807, 2.05) is 0 Å². The predicted octanol–water partition coefficient (Wildman–Crippen LogP) is 2.97. The fraction of sp³-hybridized carbons (Fsp3) is 0.125. The van der Waals surface area contributed by atoms with Gasteiger partial charge in [0.25, 0.3) is 0 Å². The molecule has 1 atom stereocenters. The summed E-state index contributed by atoms with van der Waals surface area (Å²) in [4.78, 5) is 26.2. The Morgan fingerprint density at radius 3 is 2.52 bits per heavy atom. The van der Waals surface area contributed by atoms with Crippen molar-refractivity contribution in [3.05, 3.63) is 54.1 Å². The quantitative estimate of drug-likeness (QED) is 0.692. The lowest BCUT2D eigenvalue weighted by molar-refractivity contribution is -0.121. The fourth-order valence-electron chi connectivity index (χ4n) is 2.33. The van der Waals surface area contributed by atoms with Gasteiger partial charge in [0.15, 0.2) is 11.6 Å². The summed E-state index contributed by atoms with van der Waals surface area (Å²) in [5.74, 6) is -3.05. The first kappa shape index (κ1) is 15.5. The second-order valence-corrected chi connectivity index (χ2v) is 6.26. The van der Waals surface area contributed by atoms with Crippen molar-refractivity contribution < 1.29 is 18.4 Å². The summed E-state index contributed by atoms with van der Waals surface area (Å²) in [5, 5.41) is -0.639. The number of anilines is 2. The van der Waals surface area contributed by atoms with Crippen molar-refractivity contribution in [3.63, 3.8) is 0 Å². The SMILES string of the molecule is Nc1ccccc1SC1CC(=O)N(c2ccc(F)c(F)c2)C1=O. The zero-order chi connectivity index (χ0) is 16.6. The van der Waals surface area contributed by atoms with E-state index in [9.17, 15) is 18.4 Å². The molecule has 0 aliphatic carbocycles. The van der Waals surface area contributed by atoms with E-state index in [1.165, 1.54) is 17.8 Å². The van der Waals surface area contributed by atoms with Crippen LogP contribution in [0.15, 0.2) is 47.4 Å². The van der Waals surface area contributed by atoms with Gasteiger partial charge in [-0.05, 0) is 24.3 Å². The number of benzene rings is 2. The summed E-state index contributed by atoms with van der Waals surface area (Å²) in [6, 6.07) is 9.96. The second kappa shape index (κ2) is 6.00. The molecule has 1 saturated heterocycles. The monoisotopic (exact) mass is 334 g/mol. The van der Waals surface area contributed by atoms with Crippen LogP contribution in [0.1, 0.15) is 6.42 Å². The summed E-state index contributed by atoms with van der Waals surface area (Å²) in [7, 11) is 0. The predicted molar refractivity (Wildman–Crippen MR) is 84.0 cm³/mol. The minimum absolute atomic E-state index is 0.0170. The molecule has 2 aromatic carbocycles. The maximum atomic E-state index is 13.3. The third-order valence-electron chi connectivity index (χ3n) is 3.45. The van der Waals surface area contributed by atoms with Crippen LogP contribution in [0.2, 0.25) is 0 Å². The smallest absolute Gasteiger partial charge is 0.247 e. The molecule has 1 fully saturated rings. The highest BCUT2D eigenvalue weighted by Gasteiger charge is 2.40. The van der Waals surface area contributed by atoms with Crippen molar-refractivity contribution >= 4 is 35.0 Å². The highest BCUT2D eigenvalue weighted by atomic mass is 32.2. The Morgan fingerprint density at radius 1 is 1.09 bits per heavy atom. The third kappa shape index (κ3) is 2.92. The van der Waals surface area contributed by atoms with Crippen LogP contribution in [0.3, 0.4) is 0 Å². The van der Waals surface area contributed by atoms with Gasteiger partial charge in [0.1, 0.15) is 0 Å². The number of amides is 2. The Bertz CT molecular complexity index is 797. The maximum absolute atomic E-state index is 13.3. The van der Waals surface area contributed by atoms with Crippen molar-refractivity contribution in [2.24, 2.45) is 0 Å². The molecule has 0 saturated carbocycles. The first-order valence-electron chi connectivity index (χ1n) is 6.80. The van der Waals surface area contributed by atoms with E-state index in [0.29, 0.717) is 10.6 Å². The first-order chi connectivity index (χ1) is 11.0. The zero-order valence-electron chi connectivity index (χ0n) is 11.8. The van der Waals surface area contributed by atoms with Gasteiger partial charge in [-0.25, -0.2) is 13.7 Å². The average Bonchev–Trinajstić information content (AvgIpc) is 2.79. The van der Waals surface area contributed by atoms with E-state index in [1.54, 1.807) is 24.3 Å². The minimum Gasteiger partial charge on any atom is -0.398 e. The van der Waals surface area contributed by atoms with Gasteiger partial charge in [0.2, 0.25) is 11.8 Å². The van der Waals surface area contributed by atoms with Gasteiger partial charge in [0, 0.05) is 23.1 Å². The number of para-hydroxylation sites is 1. The molecular weight excluding hydrogens is 322 g/mol. The Balaban J connectivity index is 1.85. The number of carbonyl (C=O) groups is 2. The van der Waals surface area contributed by atoms with Crippen LogP contribution in [0.5, 0.6) is 0 Å². The van der Waals surface area contributed by atoms with Gasteiger partial charge in [-0.15, -0.1) is 11.8 Å². The van der Waals surface area contributed by atoms with Gasteiger partial charge < -0.3 is 5.73 Å². The van der Waals surface area contributed by atoms with Crippen molar-refractivity contribution in [3.8, 4) is 0 Å². The highest BCUT2D eigenvalue weighted by molar-refractivity contribution is 8.00. The topological polar surface area (TPSA) is 63.4 Å². The van der Waals surface area contributed by atoms with Gasteiger partial charge in [0.05, 0.1) is 10.9 Å². The first-order valence-corrected chi connectivity index (χ1v) is 7.68. The van der Waals surface area contributed by atoms with Crippen LogP contribution in [-0.2, 0) is 9.59 Å². The molecular formula is C16H12F2N2O2S. The van der Waals surface area contributed by atoms with Gasteiger partial charge in [-0.2, -0.15) is 0 Å². The molecule has 2 N–H and O–H groups in total. The number of nitrogens with zero attached hydrogens (tertiary/aromatic N) is 1. The Labute approximate surface area is 135 Å². The average molecular weight is 334 g/mol. The number of imide groups is 1. The fourth-order valence-corrected chi connectivity index (χ4v) is 3.43. The number of nitrogens with two attached hydrogens (primary N) is 1. The van der Waals surface area contributed by atoms with Crippen LogP contribution in [0, 0.1) is 11.6 Å². The van der Waals surface area contributed by atoms with E-state index >= 15 is 0 Å². The minimum atomic E-state index is -1.11. The lowest BCUT2D eigenvalue weighted by atomic mass is 10.3. The molecule has 0 bridgehead atoms. The lowest BCUT2D eigenvalue weighted by Gasteiger charge is -2.15. The molecule has 118 valence electrons. The molecule has 1 heterocycles. The lowest BCUT2D eigenvalue weighted by Crippen LogP contribution is -2.31. The molecule has 2 amide bonds. The molecule has 7 heteroatoms. The van der Waals surface area contributed by atoms with Crippen LogP contribution >= 0.6 is 11.8 Å². The van der Waals surface area contributed by atoms with Crippen LogP contribution in [0.4, 0.5) is 20.2 Å². The maximum Gasteiger partial charge on any atom is 0.247 e. The number of carbonyl (C=O) groups excluding carboxylic acids is 2. The van der Waals surface area contributed by atoms with Crippen molar-refractivity contribution in [2.75, 3.05) is 10.6 Å². The number of rotatable bonds is 3. The van der Waals surface area contributed by atoms with Gasteiger partial charge in [-0.3, -0.25) is 9.59 Å². The van der Waals surface area contributed by atoms with E-state index in [4.69, 9.17) is 5.73 Å². The summed E-state index contributed by atoms with van der Waals surface area (Å²) in [6.07, 6.45) is -0.0170. The molecule has 2 aromatic rings. The molecule has 1 aliphatic heterocycles. The number of nitrogen functional groups attached to an aromatic ring is 1. The van der Waals surface area contributed by atoms with E-state index < -0.39 is 28.7 Å². The second-order valence-electron chi connectivity index (χ2n) is 5.01. The van der Waals surface area contributed by atoms with Crippen molar-refractivity contribution in [1.29, 1.82) is 0 Å². The standard InChI is InChI=1S/C16H12F2N2O2S/c17-10-6-5-9(7-11(10)18)20-15(21)8-14(16(20)22)23-13-4-2-1-3-12(13)19/h1-7,14H,8,19H2. The van der Waals surface area contributed by atoms with Gasteiger partial charge >= 0.3 is 0 Å². The normalized spacial score (nSPS) is 17.8. The summed E-state index contributed by atoms with van der Waals surface area (Å²) < 4.78 is 26.3. The number of thioether (sulfide) groups is 1. The molecule has 23 heavy (non-hydrogen) atoms. The molecule has 4 nitrogen and oxygen atoms in total. The Kier molecular flexibility index (Phi) is 4.04. The molecule has 3 rings (SSSR count). The third-order valence-corrected chi connectivity index (χ3v) is 4.73. The summed E-state index contributed by atoms with van der Waals surface area (Å²) in [6.45, 7) is 0. The number of hydrogen-bond donors (Lipinski definition) is 1. The molecule has 0 spiro atoms. The summed E-state index contributed by atoms with van der Waals surface area (Å²) in [5.41, 5.74) is 6.39. The van der Waals surface area contributed by atoms with E-state index in [-0.39, 0.29) is 12.1 Å². The number of halogens is 2. The number of hydrogen-bond acceptors (Lipinski definition) is 4. The van der Waals surface area contributed by atoms with Crippen molar-refractivity contribution in [1.82, 2.24) is 0 Å². The van der Waals surface area contributed by atoms with E-state index in [0.717, 1.165) is 17.0 Å². The zero-order valence-corrected chi connectivity index (χ0v) is 12.6. The Morgan fingerprint density at radius 2 is 1.83 bits per heavy atom. The van der Waals surface area contributed by atoms with Gasteiger partial charge in [-0.1, -0.05) is 12.1 Å². The largest absolute Gasteiger partial charge is 0.398 e. The van der Waals surface area contributed by atoms with E-state index in [2.05, 4.69) is 0 Å². The Hall–Kier alpha value is -2.41. The molecule has 0 radical (unpaired) electrons. The molecule has 1 unspecified atom stereocenters. The molecule has 1 aliphatic rings. The summed E-state index contributed by atoms with van der Waals surface area (Å²) >= 11 is 1.19. The van der Waals surface area contributed by atoms with Crippen LogP contribution in [-0.4, -0.2) is 17.1 Å². The van der Waals surface area contributed by atoms with Crippen LogP contribution in [0.25, 0.3) is 0 Å².